The molecule has 2 atom stereocenters. The van der Waals surface area contributed by atoms with E-state index < -0.39 is 59.9 Å². The van der Waals surface area contributed by atoms with Crippen LogP contribution >= 0.6 is 0 Å². The number of halogens is 1. The van der Waals surface area contributed by atoms with Crippen LogP contribution in [0, 0.1) is 5.82 Å². The third kappa shape index (κ3) is 8.01. The van der Waals surface area contributed by atoms with Crippen molar-refractivity contribution in [2.45, 2.75) is 44.2 Å². The smallest absolute Gasteiger partial charge is 0.255 e. The number of rotatable bonds is 6. The van der Waals surface area contributed by atoms with E-state index in [0.717, 1.165) is 5.56 Å². The largest absolute Gasteiger partial charge is 0.491 e. The molecule has 0 aliphatic carbocycles. The fraction of sp³-hybridized carbons (Fsp3) is 0.393. The summed E-state index contributed by atoms with van der Waals surface area (Å²) in [7, 11) is 1.48. The van der Waals surface area contributed by atoms with Crippen molar-refractivity contribution < 1.29 is 33.1 Å². The minimum Gasteiger partial charge on any atom is -0.491 e. The van der Waals surface area contributed by atoms with Gasteiger partial charge in [-0.3, -0.25) is 24.0 Å². The molecule has 1 heterocycles. The van der Waals surface area contributed by atoms with Gasteiger partial charge in [-0.15, -0.1) is 0 Å². The van der Waals surface area contributed by atoms with Gasteiger partial charge in [0, 0.05) is 19.0 Å². The molecule has 0 unspecified atom stereocenters. The van der Waals surface area contributed by atoms with Crippen LogP contribution in [0.5, 0.6) is 5.75 Å². The lowest BCUT2D eigenvalue weighted by Gasteiger charge is -2.28. The summed E-state index contributed by atoms with van der Waals surface area (Å²) in [6, 6.07) is 9.65. The fourth-order valence-electron chi connectivity index (χ4n) is 4.17. The second kappa shape index (κ2) is 13.0. The second-order valence-corrected chi connectivity index (χ2v) is 10.2. The number of fused-ring (bicyclic) bond motifs is 1. The van der Waals surface area contributed by atoms with Gasteiger partial charge in [-0.1, -0.05) is 38.1 Å². The van der Waals surface area contributed by atoms with Crippen molar-refractivity contribution in [3.05, 3.63) is 65.5 Å². The van der Waals surface area contributed by atoms with Crippen molar-refractivity contribution >= 4 is 29.5 Å². The molecule has 12 heteroatoms. The van der Waals surface area contributed by atoms with Gasteiger partial charge in [-0.2, -0.15) is 0 Å². The molecule has 2 aromatic carbocycles. The Balaban J connectivity index is 1.87. The highest BCUT2D eigenvalue weighted by atomic mass is 19.1. The van der Waals surface area contributed by atoms with E-state index in [1.807, 2.05) is 13.8 Å². The van der Waals surface area contributed by atoms with Crippen molar-refractivity contribution in [1.82, 2.24) is 20.9 Å². The van der Waals surface area contributed by atoms with Crippen molar-refractivity contribution in [2.24, 2.45) is 5.73 Å². The van der Waals surface area contributed by atoms with Crippen LogP contribution in [0.1, 0.15) is 42.6 Å². The molecule has 5 amide bonds. The lowest BCUT2D eigenvalue weighted by Crippen LogP contribution is -2.54. The van der Waals surface area contributed by atoms with Gasteiger partial charge in [0.1, 0.15) is 30.3 Å². The summed E-state index contributed by atoms with van der Waals surface area (Å²) >= 11 is 0. The molecule has 2 aromatic rings. The monoisotopic (exact) mass is 555 g/mol. The van der Waals surface area contributed by atoms with Crippen molar-refractivity contribution in [2.75, 3.05) is 26.7 Å². The average molecular weight is 556 g/mol. The molecule has 1 aliphatic heterocycles. The maximum absolute atomic E-state index is 13.4. The Bertz CT molecular complexity index is 1270. The molecule has 0 aromatic heterocycles. The molecule has 40 heavy (non-hydrogen) atoms. The summed E-state index contributed by atoms with van der Waals surface area (Å²) < 4.78 is 19.1. The van der Waals surface area contributed by atoms with Gasteiger partial charge in [-0.05, 0) is 29.8 Å². The Kier molecular flexibility index (Phi) is 9.81. The van der Waals surface area contributed by atoms with Gasteiger partial charge in [0.2, 0.25) is 23.6 Å². The third-order valence-electron chi connectivity index (χ3n) is 6.57. The van der Waals surface area contributed by atoms with Crippen LogP contribution in [0.25, 0.3) is 0 Å². The highest BCUT2D eigenvalue weighted by Crippen LogP contribution is 2.23. The molecular weight excluding hydrogens is 521 g/mol. The Hall–Kier alpha value is -4.48. The van der Waals surface area contributed by atoms with Gasteiger partial charge < -0.3 is 31.3 Å². The molecular formula is C28H34FN5O6. The molecule has 0 spiro atoms. The van der Waals surface area contributed by atoms with Gasteiger partial charge in [0.05, 0.1) is 24.9 Å². The maximum Gasteiger partial charge on any atom is 0.255 e. The molecule has 5 N–H and O–H groups in total. The quantitative estimate of drug-likeness (QED) is 0.409. The SMILES string of the molecule is CN1CCOc2ccccc2C(=O)N[C@H](C(=O)NCC(C)(C)c2ccc(F)cc2)CC(=O)N[C@@H](CC(N)=O)C1=O. The van der Waals surface area contributed by atoms with E-state index in [1.54, 1.807) is 30.3 Å². The molecule has 214 valence electrons. The van der Waals surface area contributed by atoms with Crippen LogP contribution in [0.3, 0.4) is 0 Å². The van der Waals surface area contributed by atoms with Gasteiger partial charge in [0.15, 0.2) is 0 Å². The first-order valence-electron chi connectivity index (χ1n) is 12.8. The third-order valence-corrected chi connectivity index (χ3v) is 6.57. The Labute approximate surface area is 231 Å². The van der Waals surface area contributed by atoms with E-state index in [-0.39, 0.29) is 36.8 Å². The van der Waals surface area contributed by atoms with Crippen molar-refractivity contribution in [3.8, 4) is 5.75 Å². The van der Waals surface area contributed by atoms with Crippen LogP contribution in [-0.2, 0) is 24.6 Å². The zero-order valence-corrected chi connectivity index (χ0v) is 22.7. The normalized spacial score (nSPS) is 18.9. The van der Waals surface area contributed by atoms with Crippen molar-refractivity contribution in [1.29, 1.82) is 0 Å². The Morgan fingerprint density at radius 1 is 1.10 bits per heavy atom. The van der Waals surface area contributed by atoms with E-state index >= 15 is 0 Å². The Morgan fingerprint density at radius 3 is 2.45 bits per heavy atom. The summed E-state index contributed by atoms with van der Waals surface area (Å²) in [6.07, 6.45) is -0.975. The predicted molar refractivity (Wildman–Crippen MR) is 144 cm³/mol. The van der Waals surface area contributed by atoms with E-state index in [0.29, 0.717) is 0 Å². The summed E-state index contributed by atoms with van der Waals surface area (Å²) in [4.78, 5) is 65.3. The second-order valence-electron chi connectivity index (χ2n) is 10.2. The van der Waals surface area contributed by atoms with Crippen LogP contribution in [-0.4, -0.2) is 73.3 Å². The average Bonchev–Trinajstić information content (AvgIpc) is 2.90. The van der Waals surface area contributed by atoms with Crippen LogP contribution in [0.2, 0.25) is 0 Å². The number of amides is 5. The van der Waals surface area contributed by atoms with Crippen LogP contribution in [0.15, 0.2) is 48.5 Å². The molecule has 0 saturated carbocycles. The highest BCUT2D eigenvalue weighted by molar-refractivity contribution is 6.01. The number of carbonyl (C=O) groups excluding carboxylic acids is 5. The Morgan fingerprint density at radius 2 is 1.77 bits per heavy atom. The zero-order valence-electron chi connectivity index (χ0n) is 22.7. The molecule has 0 radical (unpaired) electrons. The minimum atomic E-state index is -1.34. The number of nitrogens with one attached hydrogen (secondary N) is 3. The number of ether oxygens (including phenoxy) is 1. The van der Waals surface area contributed by atoms with E-state index in [4.69, 9.17) is 10.5 Å². The lowest BCUT2D eigenvalue weighted by molar-refractivity contribution is -0.137. The first-order chi connectivity index (χ1) is 18.9. The van der Waals surface area contributed by atoms with Crippen LogP contribution in [0.4, 0.5) is 4.39 Å². The van der Waals surface area contributed by atoms with E-state index in [9.17, 15) is 28.4 Å². The summed E-state index contributed by atoms with van der Waals surface area (Å²) in [5, 5.41) is 7.81. The van der Waals surface area contributed by atoms with Crippen LogP contribution < -0.4 is 26.4 Å². The minimum absolute atomic E-state index is 0.0200. The number of hydrogen-bond donors (Lipinski definition) is 4. The summed E-state index contributed by atoms with van der Waals surface area (Å²) in [5.74, 6) is -3.56. The number of likely N-dealkylation sites (N-methyl/N-ethyl adjacent to an activating group) is 1. The number of para-hydroxylation sites is 1. The molecule has 1 aliphatic rings. The number of nitrogens with two attached hydrogens (primary N) is 1. The fourth-order valence-corrected chi connectivity index (χ4v) is 4.17. The van der Waals surface area contributed by atoms with Gasteiger partial charge in [-0.25, -0.2) is 4.39 Å². The number of primary amides is 1. The first kappa shape index (κ1) is 30.1. The zero-order chi connectivity index (χ0) is 29.4. The lowest BCUT2D eigenvalue weighted by atomic mass is 9.84. The van der Waals surface area contributed by atoms with E-state index in [1.165, 1.54) is 30.1 Å². The van der Waals surface area contributed by atoms with E-state index in [2.05, 4.69) is 16.0 Å². The van der Waals surface area contributed by atoms with Gasteiger partial charge >= 0.3 is 0 Å². The van der Waals surface area contributed by atoms with Gasteiger partial charge in [0.25, 0.3) is 5.91 Å². The first-order valence-corrected chi connectivity index (χ1v) is 12.8. The molecule has 0 bridgehead atoms. The predicted octanol–water partition coefficient (Wildman–Crippen LogP) is 0.619. The highest BCUT2D eigenvalue weighted by Gasteiger charge is 2.31. The number of hydrogen-bond acceptors (Lipinski definition) is 6. The molecule has 0 saturated heterocycles. The number of carbonyl (C=O) groups is 5. The maximum atomic E-state index is 13.4. The standard InChI is InChI=1S/C28H34FN5O6/c1-28(2,17-8-10-18(29)11-9-17)16-31-26(38)20-15-24(36)32-21(14-23(30)35)27(39)34(3)12-13-40-22-7-5-4-6-19(22)25(37)33-20/h4-11,20-21H,12-16H2,1-3H3,(H2,30,35)(H,31,38)(H,32,36)(H,33,37)/t20-,21-/m0/s1. The van der Waals surface area contributed by atoms with Crippen molar-refractivity contribution in [3.63, 3.8) is 0 Å². The molecule has 0 fully saturated rings. The summed E-state index contributed by atoms with van der Waals surface area (Å²) in [5.41, 5.74) is 5.60. The number of benzene rings is 2. The molecule has 3 rings (SSSR count). The topological polar surface area (TPSA) is 160 Å². The number of nitrogens with zero attached hydrogens (tertiary/aromatic N) is 1. The molecule has 11 nitrogen and oxygen atoms in total. The summed E-state index contributed by atoms with van der Waals surface area (Å²) in [6.45, 7) is 3.94.